The number of alkyl halides is 3. The molecule has 8 heteroatoms. The number of hydrogen-bond donors (Lipinski definition) is 1. The molecule has 22 heavy (non-hydrogen) atoms. The maximum Gasteiger partial charge on any atom is 0.436 e. The van der Waals surface area contributed by atoms with Gasteiger partial charge >= 0.3 is 6.18 Å². The quantitative estimate of drug-likeness (QED) is 0.750. The van der Waals surface area contributed by atoms with Crippen molar-refractivity contribution < 1.29 is 18.3 Å². The maximum atomic E-state index is 13.2. The second-order valence-electron chi connectivity index (χ2n) is 4.46. The van der Waals surface area contributed by atoms with Crippen molar-refractivity contribution in [1.29, 1.82) is 5.26 Å². The van der Waals surface area contributed by atoms with Crippen LogP contribution in [0.4, 0.5) is 13.2 Å². The van der Waals surface area contributed by atoms with Gasteiger partial charge in [0.25, 0.3) is 0 Å². The van der Waals surface area contributed by atoms with Crippen molar-refractivity contribution in [3.05, 3.63) is 47.8 Å². The van der Waals surface area contributed by atoms with Gasteiger partial charge in [0.2, 0.25) is 0 Å². The molecule has 0 saturated carbocycles. The van der Waals surface area contributed by atoms with Crippen LogP contribution in [0.3, 0.4) is 0 Å². The van der Waals surface area contributed by atoms with E-state index in [1.807, 2.05) is 0 Å². The van der Waals surface area contributed by atoms with Crippen LogP contribution in [0.2, 0.25) is 0 Å². The second-order valence-corrected chi connectivity index (χ2v) is 4.46. The van der Waals surface area contributed by atoms with Crippen molar-refractivity contribution in [3.8, 4) is 17.5 Å². The molecule has 0 atom stereocenters. The molecule has 1 heterocycles. The topological polar surface area (TPSA) is 74.7 Å². The molecule has 2 aromatic carbocycles. The minimum Gasteiger partial charge on any atom is -0.507 e. The second kappa shape index (κ2) is 4.73. The molecule has 110 valence electrons. The van der Waals surface area contributed by atoms with Crippen molar-refractivity contribution in [1.82, 2.24) is 15.0 Å². The first-order valence-corrected chi connectivity index (χ1v) is 6.07. The molecule has 0 radical (unpaired) electrons. The van der Waals surface area contributed by atoms with Crippen LogP contribution in [-0.4, -0.2) is 20.1 Å². The van der Waals surface area contributed by atoms with Crippen LogP contribution in [-0.2, 0) is 6.18 Å². The molecule has 3 rings (SSSR count). The fourth-order valence-corrected chi connectivity index (χ4v) is 2.24. The molecule has 0 fully saturated rings. The molecule has 1 N–H and O–H groups in total. The fraction of sp³-hybridized carbons (Fsp3) is 0.0714. The van der Waals surface area contributed by atoms with E-state index >= 15 is 0 Å². The molecule has 3 aromatic rings. The van der Waals surface area contributed by atoms with E-state index in [-0.39, 0.29) is 11.4 Å². The van der Waals surface area contributed by atoms with Crippen molar-refractivity contribution >= 4 is 10.8 Å². The average Bonchev–Trinajstić information content (AvgIpc) is 2.91. The molecule has 1 aromatic heterocycles. The maximum absolute atomic E-state index is 13.2. The summed E-state index contributed by atoms with van der Waals surface area (Å²) in [5.41, 5.74) is -1.97. The van der Waals surface area contributed by atoms with E-state index in [9.17, 15) is 18.3 Å². The van der Waals surface area contributed by atoms with Crippen LogP contribution in [0.5, 0.6) is 5.75 Å². The average molecular weight is 304 g/mol. The predicted molar refractivity (Wildman–Crippen MR) is 70.2 cm³/mol. The van der Waals surface area contributed by atoms with Crippen LogP contribution in [0.25, 0.3) is 16.5 Å². The number of benzene rings is 2. The van der Waals surface area contributed by atoms with Gasteiger partial charge in [0.05, 0.1) is 5.69 Å². The van der Waals surface area contributed by atoms with Crippen LogP contribution >= 0.6 is 0 Å². The van der Waals surface area contributed by atoms with E-state index < -0.39 is 17.6 Å². The molecule has 0 saturated heterocycles. The Labute approximate surface area is 121 Å². The highest BCUT2D eigenvalue weighted by Crippen LogP contribution is 2.35. The summed E-state index contributed by atoms with van der Waals surface area (Å²) in [6.07, 6.45) is -4.78. The first kappa shape index (κ1) is 13.9. The van der Waals surface area contributed by atoms with Crippen LogP contribution in [0.1, 0.15) is 11.4 Å². The Morgan fingerprint density at radius 1 is 1.09 bits per heavy atom. The monoisotopic (exact) mass is 304 g/mol. The number of nitrogens with zero attached hydrogens (tertiary/aromatic N) is 4. The number of halogens is 3. The molecule has 5 nitrogen and oxygen atoms in total. The van der Waals surface area contributed by atoms with Gasteiger partial charge in [-0.25, -0.2) is 4.68 Å². The number of rotatable bonds is 1. The van der Waals surface area contributed by atoms with Crippen LogP contribution in [0, 0.1) is 11.3 Å². The Kier molecular flexibility index (Phi) is 2.99. The molecule has 0 aliphatic heterocycles. The number of fused-ring (bicyclic) bond motifs is 1. The predicted octanol–water partition coefficient (Wildman–Crippen LogP) is 3.02. The van der Waals surface area contributed by atoms with Crippen LogP contribution in [0.15, 0.2) is 36.4 Å². The van der Waals surface area contributed by atoms with Crippen molar-refractivity contribution in [3.63, 3.8) is 0 Å². The van der Waals surface area contributed by atoms with Gasteiger partial charge in [0, 0.05) is 10.8 Å². The Morgan fingerprint density at radius 2 is 1.77 bits per heavy atom. The van der Waals surface area contributed by atoms with Gasteiger partial charge in [0.15, 0.2) is 11.4 Å². The summed E-state index contributed by atoms with van der Waals surface area (Å²) in [6, 6.07) is 10.4. The lowest BCUT2D eigenvalue weighted by Gasteiger charge is -2.12. The van der Waals surface area contributed by atoms with E-state index in [2.05, 4.69) is 10.3 Å². The molecule has 0 aliphatic rings. The van der Waals surface area contributed by atoms with E-state index in [4.69, 9.17) is 5.26 Å². The van der Waals surface area contributed by atoms with Gasteiger partial charge in [-0.15, -0.1) is 5.10 Å². The lowest BCUT2D eigenvalue weighted by Crippen LogP contribution is -2.15. The van der Waals surface area contributed by atoms with Gasteiger partial charge in [-0.1, -0.05) is 29.5 Å². The largest absolute Gasteiger partial charge is 0.507 e. The van der Waals surface area contributed by atoms with Crippen molar-refractivity contribution in [2.45, 2.75) is 6.18 Å². The summed E-state index contributed by atoms with van der Waals surface area (Å²) < 4.78 is 40.1. The molecule has 0 aliphatic carbocycles. The zero-order valence-electron chi connectivity index (χ0n) is 10.8. The number of aromatic nitrogens is 3. The third-order valence-corrected chi connectivity index (χ3v) is 3.15. The molecule has 0 unspecified atom stereocenters. The number of hydrogen-bond acceptors (Lipinski definition) is 4. The van der Waals surface area contributed by atoms with Gasteiger partial charge < -0.3 is 5.11 Å². The number of aromatic hydroxyl groups is 1. The first-order valence-electron chi connectivity index (χ1n) is 6.07. The molecular formula is C14H7F3N4O. The summed E-state index contributed by atoms with van der Waals surface area (Å²) in [7, 11) is 0. The number of nitriles is 1. The molecule has 0 bridgehead atoms. The van der Waals surface area contributed by atoms with Crippen molar-refractivity contribution in [2.75, 3.05) is 0 Å². The SMILES string of the molecule is N#Cc1nnn(-c2cccc3c(O)cccc23)c1C(F)(F)F. The van der Waals surface area contributed by atoms with Gasteiger partial charge in [0.1, 0.15) is 11.8 Å². The highest BCUT2D eigenvalue weighted by atomic mass is 19.4. The van der Waals surface area contributed by atoms with Crippen LogP contribution < -0.4 is 0 Å². The number of phenolic OH excluding ortho intramolecular Hbond substituents is 1. The third-order valence-electron chi connectivity index (χ3n) is 3.15. The summed E-state index contributed by atoms with van der Waals surface area (Å²) >= 11 is 0. The Morgan fingerprint density at radius 3 is 2.45 bits per heavy atom. The Balaban J connectivity index is 2.37. The minimum absolute atomic E-state index is 0.0615. The highest BCUT2D eigenvalue weighted by Gasteiger charge is 2.40. The fourth-order valence-electron chi connectivity index (χ4n) is 2.24. The van der Waals surface area contributed by atoms with Gasteiger partial charge in [-0.05, 0) is 12.1 Å². The van der Waals surface area contributed by atoms with Gasteiger partial charge in [-0.2, -0.15) is 18.4 Å². The first-order chi connectivity index (χ1) is 10.4. The normalized spacial score (nSPS) is 11.5. The smallest absolute Gasteiger partial charge is 0.436 e. The lowest BCUT2D eigenvalue weighted by molar-refractivity contribution is -0.143. The Bertz CT molecular complexity index is 909. The van der Waals surface area contributed by atoms with Crippen molar-refractivity contribution in [2.24, 2.45) is 0 Å². The van der Waals surface area contributed by atoms with E-state index in [0.29, 0.717) is 15.5 Å². The number of phenols is 1. The Hall–Kier alpha value is -3.08. The molecule has 0 amide bonds. The zero-order chi connectivity index (χ0) is 15.9. The van der Waals surface area contributed by atoms with E-state index in [1.165, 1.54) is 30.3 Å². The highest BCUT2D eigenvalue weighted by molar-refractivity contribution is 5.94. The minimum atomic E-state index is -4.78. The van der Waals surface area contributed by atoms with Gasteiger partial charge in [-0.3, -0.25) is 0 Å². The summed E-state index contributed by atoms with van der Waals surface area (Å²) in [5.74, 6) is -0.0615. The van der Waals surface area contributed by atoms with E-state index in [1.54, 1.807) is 12.1 Å². The lowest BCUT2D eigenvalue weighted by atomic mass is 10.1. The summed E-state index contributed by atoms with van der Waals surface area (Å²) in [4.78, 5) is 0. The third kappa shape index (κ3) is 2.03. The standard InChI is InChI=1S/C14H7F3N4O/c15-14(16,17)13-10(7-18)19-20-21(13)11-5-1-4-9-8(11)3-2-6-12(9)22/h1-6,22H. The zero-order valence-corrected chi connectivity index (χ0v) is 10.8. The summed E-state index contributed by atoms with van der Waals surface area (Å²) in [6.45, 7) is 0. The molecule has 0 spiro atoms. The summed E-state index contributed by atoms with van der Waals surface area (Å²) in [5, 5.41) is 26.1. The molecular weight excluding hydrogens is 297 g/mol. The van der Waals surface area contributed by atoms with E-state index in [0.717, 1.165) is 0 Å².